The monoisotopic (exact) mass is 315 g/mol. The number of rotatable bonds is 5. The largest absolute Gasteiger partial charge is 0.481 e. The third-order valence-corrected chi connectivity index (χ3v) is 2.56. The summed E-state index contributed by atoms with van der Waals surface area (Å²) in [5.41, 5.74) is 0.403. The molecule has 18 heavy (non-hydrogen) atoms. The Bertz CT molecular complexity index is 463. The first-order chi connectivity index (χ1) is 8.41. The quantitative estimate of drug-likeness (QED) is 0.850. The van der Waals surface area contributed by atoms with Gasteiger partial charge >= 0.3 is 5.97 Å². The van der Waals surface area contributed by atoms with Crippen molar-refractivity contribution >= 4 is 33.6 Å². The highest BCUT2D eigenvalue weighted by Crippen LogP contribution is 2.19. The molecule has 0 saturated carbocycles. The van der Waals surface area contributed by atoms with Gasteiger partial charge in [-0.2, -0.15) is 0 Å². The van der Waals surface area contributed by atoms with Crippen LogP contribution >= 0.6 is 15.9 Å². The second-order valence-electron chi connectivity index (χ2n) is 3.82. The van der Waals surface area contributed by atoms with Crippen LogP contribution in [-0.2, 0) is 4.79 Å². The molecule has 1 aromatic rings. The zero-order valence-corrected chi connectivity index (χ0v) is 11.7. The number of carboxylic acids is 1. The molecule has 0 radical (unpaired) electrons. The summed E-state index contributed by atoms with van der Waals surface area (Å²) in [6.45, 7) is 0.0908. The molecule has 0 saturated heterocycles. The van der Waals surface area contributed by atoms with Gasteiger partial charge in [-0.15, -0.1) is 0 Å². The summed E-state index contributed by atoms with van der Waals surface area (Å²) in [5, 5.41) is 11.1. The maximum atomic E-state index is 11.9. The summed E-state index contributed by atoms with van der Waals surface area (Å²) in [7, 11) is 3.56. The van der Waals surface area contributed by atoms with Crippen molar-refractivity contribution in [3.05, 3.63) is 22.3 Å². The molecule has 0 unspecified atom stereocenters. The van der Waals surface area contributed by atoms with Crippen LogP contribution in [0.15, 0.2) is 16.7 Å². The number of aromatic nitrogens is 1. The second-order valence-corrected chi connectivity index (χ2v) is 4.73. The molecule has 1 aromatic heterocycles. The minimum absolute atomic E-state index is 0.0908. The van der Waals surface area contributed by atoms with Crippen molar-refractivity contribution in [3.8, 4) is 0 Å². The fraction of sp³-hybridized carbons (Fsp3) is 0.364. The van der Waals surface area contributed by atoms with E-state index in [-0.39, 0.29) is 18.9 Å². The topological polar surface area (TPSA) is 82.5 Å². The van der Waals surface area contributed by atoms with Gasteiger partial charge in [0.05, 0.1) is 12.0 Å². The number of halogens is 1. The zero-order chi connectivity index (χ0) is 13.7. The number of aliphatic carboxylic acids is 1. The van der Waals surface area contributed by atoms with Crippen LogP contribution in [0.3, 0.4) is 0 Å². The Morgan fingerprint density at radius 3 is 2.72 bits per heavy atom. The molecule has 1 amide bonds. The van der Waals surface area contributed by atoms with E-state index in [9.17, 15) is 9.59 Å². The number of carbonyl (C=O) groups excluding carboxylic acids is 1. The molecule has 1 rings (SSSR count). The van der Waals surface area contributed by atoms with E-state index in [1.54, 1.807) is 31.3 Å². The summed E-state index contributed by atoms with van der Waals surface area (Å²) in [4.78, 5) is 28.1. The smallest absolute Gasteiger partial charge is 0.305 e. The van der Waals surface area contributed by atoms with Crippen molar-refractivity contribution in [2.45, 2.75) is 6.42 Å². The molecule has 0 spiro atoms. The predicted octanol–water partition coefficient (Wildman–Crippen LogP) is 1.11. The van der Waals surface area contributed by atoms with Crippen LogP contribution in [-0.4, -0.2) is 42.6 Å². The zero-order valence-electron chi connectivity index (χ0n) is 10.1. The number of hydrogen-bond donors (Lipinski definition) is 2. The summed E-state index contributed by atoms with van der Waals surface area (Å²) in [5.74, 6) is -0.754. The molecule has 0 aliphatic heterocycles. The Hall–Kier alpha value is -1.63. The van der Waals surface area contributed by atoms with Gasteiger partial charge in [-0.25, -0.2) is 4.98 Å². The van der Waals surface area contributed by atoms with Crippen LogP contribution in [0.25, 0.3) is 0 Å². The van der Waals surface area contributed by atoms with Gasteiger partial charge in [-0.1, -0.05) is 0 Å². The molecule has 7 heteroatoms. The third kappa shape index (κ3) is 3.99. The molecule has 0 aromatic carbocycles. The first-order valence-corrected chi connectivity index (χ1v) is 6.04. The van der Waals surface area contributed by atoms with E-state index in [0.717, 1.165) is 0 Å². The number of pyridine rings is 1. The lowest BCUT2D eigenvalue weighted by Gasteiger charge is -2.15. The highest BCUT2D eigenvalue weighted by Gasteiger charge is 2.14. The molecular weight excluding hydrogens is 302 g/mol. The molecule has 0 fully saturated rings. The molecule has 98 valence electrons. The van der Waals surface area contributed by atoms with E-state index in [2.05, 4.69) is 26.2 Å². The minimum Gasteiger partial charge on any atom is -0.481 e. The van der Waals surface area contributed by atoms with Crippen LogP contribution in [0.5, 0.6) is 0 Å². The minimum atomic E-state index is -0.949. The van der Waals surface area contributed by atoms with Gasteiger partial charge in [0, 0.05) is 31.3 Å². The maximum Gasteiger partial charge on any atom is 0.305 e. The van der Waals surface area contributed by atoms with Crippen LogP contribution < -0.4 is 10.2 Å². The normalized spacial score (nSPS) is 9.94. The molecule has 0 atom stereocenters. The van der Waals surface area contributed by atoms with E-state index >= 15 is 0 Å². The number of anilines is 1. The van der Waals surface area contributed by atoms with Crippen molar-refractivity contribution in [2.24, 2.45) is 0 Å². The van der Waals surface area contributed by atoms with Crippen molar-refractivity contribution in [1.29, 1.82) is 0 Å². The van der Waals surface area contributed by atoms with Gasteiger partial charge in [0.25, 0.3) is 5.91 Å². The number of nitrogens with one attached hydrogen (secondary N) is 1. The van der Waals surface area contributed by atoms with E-state index in [1.807, 2.05) is 0 Å². The Morgan fingerprint density at radius 1 is 1.50 bits per heavy atom. The van der Waals surface area contributed by atoms with Gasteiger partial charge in [0.1, 0.15) is 5.82 Å². The Kier molecular flexibility index (Phi) is 5.08. The second kappa shape index (κ2) is 6.34. The molecule has 1 heterocycles. The molecule has 2 N–H and O–H groups in total. The number of amides is 1. The van der Waals surface area contributed by atoms with Gasteiger partial charge in [-0.3, -0.25) is 9.59 Å². The molecule has 0 bridgehead atoms. The summed E-state index contributed by atoms with van der Waals surface area (Å²) >= 11 is 3.25. The van der Waals surface area contributed by atoms with E-state index < -0.39 is 5.97 Å². The van der Waals surface area contributed by atoms with Crippen LogP contribution in [0.1, 0.15) is 16.8 Å². The Labute approximate surface area is 113 Å². The van der Waals surface area contributed by atoms with Crippen molar-refractivity contribution in [3.63, 3.8) is 0 Å². The lowest BCUT2D eigenvalue weighted by atomic mass is 10.2. The predicted molar refractivity (Wildman–Crippen MR) is 70.9 cm³/mol. The first-order valence-electron chi connectivity index (χ1n) is 5.24. The lowest BCUT2D eigenvalue weighted by Crippen LogP contribution is -2.28. The van der Waals surface area contributed by atoms with Crippen molar-refractivity contribution < 1.29 is 14.7 Å². The number of carbonyl (C=O) groups is 2. The molecule has 0 aliphatic carbocycles. The molecular formula is C11H14BrN3O3. The summed E-state index contributed by atoms with van der Waals surface area (Å²) in [6, 6.07) is 1.65. The van der Waals surface area contributed by atoms with E-state index in [4.69, 9.17) is 5.11 Å². The van der Waals surface area contributed by atoms with E-state index in [1.165, 1.54) is 0 Å². The number of nitrogens with zero attached hydrogens (tertiary/aromatic N) is 2. The van der Waals surface area contributed by atoms with Gasteiger partial charge in [-0.05, 0) is 22.0 Å². The average molecular weight is 316 g/mol. The highest BCUT2D eigenvalue weighted by molar-refractivity contribution is 9.10. The average Bonchev–Trinajstić information content (AvgIpc) is 2.27. The Balaban J connectivity index is 2.83. The summed E-state index contributed by atoms with van der Waals surface area (Å²) in [6.07, 6.45) is 1.49. The summed E-state index contributed by atoms with van der Waals surface area (Å²) < 4.78 is 0.691. The molecule has 6 nitrogen and oxygen atoms in total. The standard InChI is InChI=1S/C11H14BrN3O3/c1-15(2)10-8(5-7(12)6-14-10)11(18)13-4-3-9(16)17/h5-6H,3-4H2,1-2H3,(H,13,18)(H,16,17). The van der Waals surface area contributed by atoms with Crippen molar-refractivity contribution in [2.75, 3.05) is 25.5 Å². The van der Waals surface area contributed by atoms with Crippen molar-refractivity contribution in [1.82, 2.24) is 10.3 Å². The van der Waals surface area contributed by atoms with Gasteiger partial charge in [0.15, 0.2) is 0 Å². The SMILES string of the molecule is CN(C)c1ncc(Br)cc1C(=O)NCCC(=O)O. The first kappa shape index (κ1) is 14.4. The fourth-order valence-electron chi connectivity index (χ4n) is 1.33. The fourth-order valence-corrected chi connectivity index (χ4v) is 1.67. The highest BCUT2D eigenvalue weighted by atomic mass is 79.9. The van der Waals surface area contributed by atoms with Crippen LogP contribution in [0.4, 0.5) is 5.82 Å². The van der Waals surface area contributed by atoms with Gasteiger partial charge < -0.3 is 15.3 Å². The van der Waals surface area contributed by atoms with Gasteiger partial charge in [0.2, 0.25) is 0 Å². The lowest BCUT2D eigenvalue weighted by molar-refractivity contribution is -0.136. The molecule has 0 aliphatic rings. The third-order valence-electron chi connectivity index (χ3n) is 2.13. The van der Waals surface area contributed by atoms with Crippen LogP contribution in [0, 0.1) is 0 Å². The number of hydrogen-bond acceptors (Lipinski definition) is 4. The number of carboxylic acid groups (broad SMARTS) is 1. The maximum absolute atomic E-state index is 11.9. The Morgan fingerprint density at radius 2 is 2.17 bits per heavy atom. The van der Waals surface area contributed by atoms with Crippen LogP contribution in [0.2, 0.25) is 0 Å². The van der Waals surface area contributed by atoms with E-state index in [0.29, 0.717) is 15.9 Å².